The minimum absolute atomic E-state index is 0.171. The summed E-state index contributed by atoms with van der Waals surface area (Å²) >= 11 is 0. The fourth-order valence-electron chi connectivity index (χ4n) is 2.79. The van der Waals surface area contributed by atoms with Crippen LogP contribution in [0.25, 0.3) is 0 Å². The second-order valence-corrected chi connectivity index (χ2v) is 5.62. The number of pyridine rings is 1. The number of hydrogen-bond donors (Lipinski definition) is 1. The number of rotatable bonds is 3. The van der Waals surface area contributed by atoms with Crippen molar-refractivity contribution in [3.05, 3.63) is 41.6 Å². The SMILES string of the molecule is Cc1cc(CC(C)N)cnc1N1CCn2ccnc2C1. The van der Waals surface area contributed by atoms with Gasteiger partial charge in [-0.2, -0.15) is 0 Å². The molecule has 3 rings (SSSR count). The van der Waals surface area contributed by atoms with E-state index in [0.29, 0.717) is 0 Å². The average molecular weight is 271 g/mol. The van der Waals surface area contributed by atoms with Crippen molar-refractivity contribution in [3.63, 3.8) is 0 Å². The molecule has 106 valence electrons. The van der Waals surface area contributed by atoms with E-state index in [1.165, 1.54) is 11.1 Å². The monoisotopic (exact) mass is 271 g/mol. The Morgan fingerprint density at radius 1 is 1.35 bits per heavy atom. The number of fused-ring (bicyclic) bond motifs is 1. The van der Waals surface area contributed by atoms with Crippen molar-refractivity contribution in [1.82, 2.24) is 14.5 Å². The molecule has 2 aromatic rings. The predicted molar refractivity (Wildman–Crippen MR) is 79.6 cm³/mol. The van der Waals surface area contributed by atoms with Crippen molar-refractivity contribution in [2.24, 2.45) is 5.73 Å². The summed E-state index contributed by atoms with van der Waals surface area (Å²) in [6.45, 7) is 6.91. The molecular formula is C15H21N5. The van der Waals surface area contributed by atoms with E-state index in [1.54, 1.807) is 0 Å². The molecule has 1 aliphatic rings. The molecule has 1 unspecified atom stereocenters. The van der Waals surface area contributed by atoms with E-state index in [0.717, 1.165) is 37.7 Å². The zero-order valence-corrected chi connectivity index (χ0v) is 12.1. The van der Waals surface area contributed by atoms with Crippen molar-refractivity contribution in [1.29, 1.82) is 0 Å². The Balaban J connectivity index is 1.81. The first-order valence-corrected chi connectivity index (χ1v) is 7.09. The van der Waals surface area contributed by atoms with Gasteiger partial charge in [0.05, 0.1) is 6.54 Å². The summed E-state index contributed by atoms with van der Waals surface area (Å²) in [5.74, 6) is 2.17. The fraction of sp³-hybridized carbons (Fsp3) is 0.467. The molecule has 5 heteroatoms. The standard InChI is InChI=1S/C15H21N5/c1-11-7-13(8-12(2)16)9-18-15(11)20-6-5-19-4-3-17-14(19)10-20/h3-4,7,9,12H,5-6,8,10,16H2,1-2H3. The molecule has 0 amide bonds. The highest BCUT2D eigenvalue weighted by Gasteiger charge is 2.19. The van der Waals surface area contributed by atoms with Gasteiger partial charge in [0, 0.05) is 37.7 Å². The van der Waals surface area contributed by atoms with Crippen LogP contribution < -0.4 is 10.6 Å². The predicted octanol–water partition coefficient (Wildman–Crippen LogP) is 1.50. The zero-order valence-electron chi connectivity index (χ0n) is 12.1. The van der Waals surface area contributed by atoms with E-state index in [2.05, 4.69) is 32.4 Å². The second kappa shape index (κ2) is 5.25. The summed E-state index contributed by atoms with van der Waals surface area (Å²) in [7, 11) is 0. The lowest BCUT2D eigenvalue weighted by molar-refractivity contribution is 0.555. The molecule has 0 aromatic carbocycles. The molecule has 2 aromatic heterocycles. The number of hydrogen-bond acceptors (Lipinski definition) is 4. The molecule has 0 saturated heterocycles. The number of aryl methyl sites for hydroxylation is 1. The lowest BCUT2D eigenvalue weighted by atomic mass is 10.1. The quantitative estimate of drug-likeness (QED) is 0.919. The van der Waals surface area contributed by atoms with Crippen molar-refractivity contribution < 1.29 is 0 Å². The molecule has 0 fully saturated rings. The lowest BCUT2D eigenvalue weighted by Crippen LogP contribution is -2.34. The summed E-state index contributed by atoms with van der Waals surface area (Å²) in [4.78, 5) is 11.3. The van der Waals surface area contributed by atoms with Gasteiger partial charge in [-0.05, 0) is 31.4 Å². The van der Waals surface area contributed by atoms with E-state index in [4.69, 9.17) is 5.73 Å². The smallest absolute Gasteiger partial charge is 0.131 e. The second-order valence-electron chi connectivity index (χ2n) is 5.62. The third-order valence-corrected chi connectivity index (χ3v) is 3.71. The van der Waals surface area contributed by atoms with E-state index < -0.39 is 0 Å². The topological polar surface area (TPSA) is 60.0 Å². The molecular weight excluding hydrogens is 250 g/mol. The van der Waals surface area contributed by atoms with Crippen LogP contribution in [0.4, 0.5) is 5.82 Å². The van der Waals surface area contributed by atoms with Crippen LogP contribution in [-0.4, -0.2) is 27.1 Å². The lowest BCUT2D eigenvalue weighted by Gasteiger charge is -2.29. The molecule has 1 atom stereocenters. The molecule has 0 saturated carbocycles. The molecule has 0 radical (unpaired) electrons. The van der Waals surface area contributed by atoms with Gasteiger partial charge in [-0.15, -0.1) is 0 Å². The molecule has 1 aliphatic heterocycles. The highest BCUT2D eigenvalue weighted by Crippen LogP contribution is 2.22. The van der Waals surface area contributed by atoms with Crippen LogP contribution in [-0.2, 0) is 19.5 Å². The first-order valence-electron chi connectivity index (χ1n) is 7.09. The normalized spacial score (nSPS) is 16.1. The van der Waals surface area contributed by atoms with Gasteiger partial charge in [-0.25, -0.2) is 9.97 Å². The Morgan fingerprint density at radius 3 is 2.95 bits per heavy atom. The van der Waals surface area contributed by atoms with E-state index in [-0.39, 0.29) is 6.04 Å². The van der Waals surface area contributed by atoms with Crippen LogP contribution in [0.5, 0.6) is 0 Å². The van der Waals surface area contributed by atoms with Crippen molar-refractivity contribution in [3.8, 4) is 0 Å². The van der Waals surface area contributed by atoms with Crippen LogP contribution >= 0.6 is 0 Å². The minimum Gasteiger partial charge on any atom is -0.347 e. The van der Waals surface area contributed by atoms with Crippen LogP contribution in [0.15, 0.2) is 24.7 Å². The van der Waals surface area contributed by atoms with Gasteiger partial charge >= 0.3 is 0 Å². The van der Waals surface area contributed by atoms with Gasteiger partial charge in [0.2, 0.25) is 0 Å². The van der Waals surface area contributed by atoms with E-state index in [9.17, 15) is 0 Å². The maximum atomic E-state index is 5.85. The van der Waals surface area contributed by atoms with Gasteiger partial charge in [0.25, 0.3) is 0 Å². The molecule has 0 spiro atoms. The van der Waals surface area contributed by atoms with Gasteiger partial charge in [-0.3, -0.25) is 0 Å². The van der Waals surface area contributed by atoms with Crippen LogP contribution in [0.1, 0.15) is 23.9 Å². The fourth-order valence-corrected chi connectivity index (χ4v) is 2.79. The van der Waals surface area contributed by atoms with Crippen molar-refractivity contribution in [2.75, 3.05) is 11.4 Å². The van der Waals surface area contributed by atoms with Crippen molar-refractivity contribution in [2.45, 2.75) is 39.4 Å². The first kappa shape index (κ1) is 13.1. The summed E-state index contributed by atoms with van der Waals surface area (Å²) < 4.78 is 2.20. The largest absolute Gasteiger partial charge is 0.347 e. The Kier molecular flexibility index (Phi) is 3.44. The van der Waals surface area contributed by atoms with E-state index >= 15 is 0 Å². The molecule has 5 nitrogen and oxygen atoms in total. The summed E-state index contributed by atoms with van der Waals surface area (Å²) in [6.07, 6.45) is 6.73. The van der Waals surface area contributed by atoms with Crippen LogP contribution in [0.2, 0.25) is 0 Å². The number of nitrogens with zero attached hydrogens (tertiary/aromatic N) is 4. The minimum atomic E-state index is 0.171. The van der Waals surface area contributed by atoms with E-state index in [1.807, 2.05) is 25.5 Å². The third-order valence-electron chi connectivity index (χ3n) is 3.71. The van der Waals surface area contributed by atoms with Crippen LogP contribution in [0, 0.1) is 6.92 Å². The summed E-state index contributed by atoms with van der Waals surface area (Å²) in [5, 5.41) is 0. The number of anilines is 1. The highest BCUT2D eigenvalue weighted by molar-refractivity contribution is 5.48. The summed E-state index contributed by atoms with van der Waals surface area (Å²) in [6, 6.07) is 2.37. The number of imidazole rings is 1. The Morgan fingerprint density at radius 2 is 2.20 bits per heavy atom. The highest BCUT2D eigenvalue weighted by atomic mass is 15.3. The van der Waals surface area contributed by atoms with Gasteiger partial charge < -0.3 is 15.2 Å². The molecule has 2 N–H and O–H groups in total. The molecule has 3 heterocycles. The van der Waals surface area contributed by atoms with Gasteiger partial charge in [-0.1, -0.05) is 6.07 Å². The Hall–Kier alpha value is -1.88. The molecule has 0 aliphatic carbocycles. The number of aromatic nitrogens is 3. The van der Waals surface area contributed by atoms with Gasteiger partial charge in [0.1, 0.15) is 11.6 Å². The Bertz CT molecular complexity index is 602. The first-order chi connectivity index (χ1) is 9.63. The van der Waals surface area contributed by atoms with Crippen molar-refractivity contribution >= 4 is 5.82 Å². The maximum absolute atomic E-state index is 5.85. The van der Waals surface area contributed by atoms with Gasteiger partial charge in [0.15, 0.2) is 0 Å². The number of nitrogens with two attached hydrogens (primary N) is 1. The zero-order chi connectivity index (χ0) is 14.1. The Labute approximate surface area is 119 Å². The molecule has 20 heavy (non-hydrogen) atoms. The third kappa shape index (κ3) is 2.54. The summed E-state index contributed by atoms with van der Waals surface area (Å²) in [5.41, 5.74) is 8.27. The average Bonchev–Trinajstić information content (AvgIpc) is 2.85. The maximum Gasteiger partial charge on any atom is 0.131 e. The molecule has 0 bridgehead atoms. The van der Waals surface area contributed by atoms with Crippen LogP contribution in [0.3, 0.4) is 0 Å².